The number of rotatable bonds is 5. The number of piperazine rings is 1. The van der Waals surface area contributed by atoms with Crippen LogP contribution in [0.1, 0.15) is 13.8 Å². The molecular formula is C11H22N2O4S. The molecule has 1 aliphatic rings. The highest BCUT2D eigenvalue weighted by molar-refractivity contribution is 7.89. The summed E-state index contributed by atoms with van der Waals surface area (Å²) in [4.78, 5) is 13.9. The lowest BCUT2D eigenvalue weighted by Gasteiger charge is -2.32. The zero-order chi connectivity index (χ0) is 14.0. The van der Waals surface area contributed by atoms with Gasteiger partial charge < -0.3 is 9.64 Å². The first-order chi connectivity index (χ1) is 8.19. The van der Waals surface area contributed by atoms with Crippen molar-refractivity contribution in [2.75, 3.05) is 46.1 Å². The Bertz CT molecular complexity index is 397. The Kier molecular flexibility index (Phi) is 4.88. The Morgan fingerprint density at radius 2 is 1.72 bits per heavy atom. The van der Waals surface area contributed by atoms with Gasteiger partial charge in [0.25, 0.3) is 0 Å². The fourth-order valence-corrected chi connectivity index (χ4v) is 3.19. The Hall–Kier alpha value is -0.500. The van der Waals surface area contributed by atoms with Gasteiger partial charge in [-0.25, -0.2) is 8.42 Å². The lowest BCUT2D eigenvalue weighted by atomic mass is 10.1. The highest BCUT2D eigenvalue weighted by Gasteiger charge is 2.34. The maximum Gasteiger partial charge on any atom is 0.221 e. The summed E-state index contributed by atoms with van der Waals surface area (Å²) in [5.74, 6) is -0.902. The van der Waals surface area contributed by atoms with Gasteiger partial charge in [0.15, 0.2) is 5.78 Å². The van der Waals surface area contributed by atoms with E-state index in [4.69, 9.17) is 4.74 Å². The van der Waals surface area contributed by atoms with E-state index in [-0.39, 0.29) is 0 Å². The number of likely N-dealkylation sites (N-methyl/N-ethyl adjacent to an activating group) is 1. The normalized spacial score (nSPS) is 20.0. The summed E-state index contributed by atoms with van der Waals surface area (Å²) < 4.78 is 30.6. The number of sulfonamides is 1. The fraction of sp³-hybridized carbons (Fsp3) is 0.909. The molecule has 1 fully saturated rings. The smallest absolute Gasteiger partial charge is 0.221 e. The molecule has 0 bridgehead atoms. The van der Waals surface area contributed by atoms with Crippen LogP contribution < -0.4 is 0 Å². The summed E-state index contributed by atoms with van der Waals surface area (Å²) in [5.41, 5.74) is -1.06. The van der Waals surface area contributed by atoms with E-state index in [1.54, 1.807) is 13.8 Å². The van der Waals surface area contributed by atoms with E-state index in [1.165, 1.54) is 11.4 Å². The third-order valence-corrected chi connectivity index (χ3v) is 5.13. The standard InChI is InChI=1S/C11H22N2O4S/c1-11(2,17-4)10(14)9-18(15,16)13-7-5-12(3)6-8-13/h5-9H2,1-4H3. The van der Waals surface area contributed by atoms with Crippen molar-refractivity contribution in [3.8, 4) is 0 Å². The molecular weight excluding hydrogens is 256 g/mol. The summed E-state index contributed by atoms with van der Waals surface area (Å²) in [6.45, 7) is 5.44. The van der Waals surface area contributed by atoms with Crippen LogP contribution in [0.25, 0.3) is 0 Å². The zero-order valence-electron chi connectivity index (χ0n) is 11.5. The topological polar surface area (TPSA) is 66.9 Å². The average Bonchev–Trinajstić information content (AvgIpc) is 2.29. The Morgan fingerprint density at radius 3 is 2.17 bits per heavy atom. The van der Waals surface area contributed by atoms with Crippen molar-refractivity contribution >= 4 is 15.8 Å². The number of hydrogen-bond acceptors (Lipinski definition) is 5. The Morgan fingerprint density at radius 1 is 1.22 bits per heavy atom. The quantitative estimate of drug-likeness (QED) is 0.682. The van der Waals surface area contributed by atoms with Crippen LogP contribution in [-0.4, -0.2) is 75.1 Å². The third kappa shape index (κ3) is 3.74. The maximum absolute atomic E-state index is 12.1. The van der Waals surface area contributed by atoms with Crippen LogP contribution in [0.5, 0.6) is 0 Å². The molecule has 0 aliphatic carbocycles. The van der Waals surface area contributed by atoms with Gasteiger partial charge in [-0.15, -0.1) is 0 Å². The van der Waals surface area contributed by atoms with E-state index in [9.17, 15) is 13.2 Å². The first-order valence-corrected chi connectivity index (χ1v) is 7.55. The van der Waals surface area contributed by atoms with Crippen molar-refractivity contribution in [1.82, 2.24) is 9.21 Å². The second kappa shape index (κ2) is 5.64. The average molecular weight is 278 g/mol. The molecule has 1 aliphatic heterocycles. The number of carbonyl (C=O) groups is 1. The molecule has 106 valence electrons. The van der Waals surface area contributed by atoms with Gasteiger partial charge in [0.05, 0.1) is 0 Å². The summed E-state index contributed by atoms with van der Waals surface area (Å²) in [5, 5.41) is 0. The van der Waals surface area contributed by atoms with Gasteiger partial charge in [0, 0.05) is 33.3 Å². The Balaban J connectivity index is 2.68. The van der Waals surface area contributed by atoms with Crippen molar-refractivity contribution in [1.29, 1.82) is 0 Å². The number of Topliss-reactive ketones (excluding diaryl/α,β-unsaturated/α-hetero) is 1. The van der Waals surface area contributed by atoms with Crippen LogP contribution in [0, 0.1) is 0 Å². The monoisotopic (exact) mass is 278 g/mol. The van der Waals surface area contributed by atoms with Crippen molar-refractivity contribution in [2.24, 2.45) is 0 Å². The second-order valence-corrected chi connectivity index (χ2v) is 7.07. The molecule has 18 heavy (non-hydrogen) atoms. The molecule has 1 saturated heterocycles. The van der Waals surface area contributed by atoms with Gasteiger partial charge in [-0.1, -0.05) is 0 Å². The Labute approximate surface area is 109 Å². The van der Waals surface area contributed by atoms with E-state index in [2.05, 4.69) is 4.90 Å². The largest absolute Gasteiger partial charge is 0.371 e. The molecule has 0 aromatic carbocycles. The van der Waals surface area contributed by atoms with E-state index in [0.29, 0.717) is 26.2 Å². The van der Waals surface area contributed by atoms with Gasteiger partial charge in [-0.2, -0.15) is 4.31 Å². The number of methoxy groups -OCH3 is 1. The minimum Gasteiger partial charge on any atom is -0.371 e. The molecule has 0 aromatic rings. The summed E-state index contributed by atoms with van der Waals surface area (Å²) in [6, 6.07) is 0. The first-order valence-electron chi connectivity index (χ1n) is 5.94. The predicted molar refractivity (Wildman–Crippen MR) is 69.0 cm³/mol. The molecule has 0 spiro atoms. The first kappa shape index (κ1) is 15.6. The van der Waals surface area contributed by atoms with Crippen molar-refractivity contribution in [3.63, 3.8) is 0 Å². The number of ether oxygens (including phenoxy) is 1. The number of hydrogen-bond donors (Lipinski definition) is 0. The van der Waals surface area contributed by atoms with Gasteiger partial charge in [-0.05, 0) is 20.9 Å². The maximum atomic E-state index is 12.1. The molecule has 0 unspecified atom stereocenters. The van der Waals surface area contributed by atoms with Gasteiger partial charge >= 0.3 is 0 Å². The van der Waals surface area contributed by atoms with E-state index in [1.807, 2.05) is 7.05 Å². The molecule has 1 rings (SSSR count). The molecule has 0 amide bonds. The lowest BCUT2D eigenvalue weighted by Crippen LogP contribution is -2.50. The number of carbonyl (C=O) groups excluding carboxylic acids is 1. The fourth-order valence-electron chi connectivity index (χ4n) is 1.61. The van der Waals surface area contributed by atoms with Crippen LogP contribution in [0.4, 0.5) is 0 Å². The van der Waals surface area contributed by atoms with Gasteiger partial charge in [-0.3, -0.25) is 4.79 Å². The minimum atomic E-state index is -3.52. The number of nitrogens with zero attached hydrogens (tertiary/aromatic N) is 2. The van der Waals surface area contributed by atoms with Crippen molar-refractivity contribution in [3.05, 3.63) is 0 Å². The molecule has 0 radical (unpaired) electrons. The van der Waals surface area contributed by atoms with E-state index < -0.39 is 27.2 Å². The lowest BCUT2D eigenvalue weighted by molar-refractivity contribution is -0.134. The van der Waals surface area contributed by atoms with Crippen LogP contribution in [0.3, 0.4) is 0 Å². The van der Waals surface area contributed by atoms with Gasteiger partial charge in [0.1, 0.15) is 11.4 Å². The second-order valence-electron chi connectivity index (χ2n) is 5.10. The van der Waals surface area contributed by atoms with E-state index >= 15 is 0 Å². The molecule has 1 heterocycles. The zero-order valence-corrected chi connectivity index (χ0v) is 12.3. The number of ketones is 1. The van der Waals surface area contributed by atoms with E-state index in [0.717, 1.165) is 0 Å². The van der Waals surface area contributed by atoms with Crippen molar-refractivity contribution < 1.29 is 17.9 Å². The third-order valence-electron chi connectivity index (χ3n) is 3.35. The summed E-state index contributed by atoms with van der Waals surface area (Å²) in [6.07, 6.45) is 0. The van der Waals surface area contributed by atoms with Gasteiger partial charge in [0.2, 0.25) is 10.0 Å². The highest BCUT2D eigenvalue weighted by Crippen LogP contribution is 2.13. The molecule has 0 saturated carbocycles. The van der Waals surface area contributed by atoms with Crippen LogP contribution in [-0.2, 0) is 19.6 Å². The van der Waals surface area contributed by atoms with Crippen LogP contribution in [0.2, 0.25) is 0 Å². The summed E-state index contributed by atoms with van der Waals surface area (Å²) in [7, 11) is -0.171. The van der Waals surface area contributed by atoms with Crippen LogP contribution >= 0.6 is 0 Å². The minimum absolute atomic E-state index is 0.413. The molecule has 0 atom stereocenters. The molecule has 0 N–H and O–H groups in total. The molecule has 6 nitrogen and oxygen atoms in total. The molecule has 7 heteroatoms. The summed E-state index contributed by atoms with van der Waals surface area (Å²) >= 11 is 0. The van der Waals surface area contributed by atoms with Crippen molar-refractivity contribution in [2.45, 2.75) is 19.4 Å². The highest BCUT2D eigenvalue weighted by atomic mass is 32.2. The van der Waals surface area contributed by atoms with Crippen LogP contribution in [0.15, 0.2) is 0 Å². The SMILES string of the molecule is COC(C)(C)C(=O)CS(=O)(=O)N1CCN(C)CC1. The predicted octanol–water partition coefficient (Wildman–Crippen LogP) is -0.442. The molecule has 0 aromatic heterocycles.